The van der Waals surface area contributed by atoms with Crippen LogP contribution in [0, 0.1) is 10.1 Å². The third kappa shape index (κ3) is 3.19. The van der Waals surface area contributed by atoms with Gasteiger partial charge in [-0.1, -0.05) is 17.4 Å². The number of aromatic nitrogens is 1. The molecule has 100 valence electrons. The molecule has 0 bridgehead atoms. The van der Waals surface area contributed by atoms with Crippen LogP contribution in [-0.4, -0.2) is 9.91 Å². The molecule has 0 saturated heterocycles. The van der Waals surface area contributed by atoms with E-state index in [0.29, 0.717) is 9.60 Å². The van der Waals surface area contributed by atoms with Gasteiger partial charge in [-0.2, -0.15) is 0 Å². The molecule has 7 nitrogen and oxygen atoms in total. The number of hydrogen-bond acceptors (Lipinski definition) is 7. The number of nitrogen functional groups attached to an aromatic ring is 1. The smallest absolute Gasteiger partial charge is 0.312 e. The first-order valence-corrected chi connectivity index (χ1v) is 6.70. The van der Waals surface area contributed by atoms with E-state index >= 15 is 0 Å². The van der Waals surface area contributed by atoms with Gasteiger partial charge in [0.1, 0.15) is 6.61 Å². The lowest BCUT2D eigenvalue weighted by molar-refractivity contribution is -0.386. The molecular weight excluding hydrogens is 336 g/mol. The van der Waals surface area contributed by atoms with E-state index in [1.165, 1.54) is 17.4 Å². The minimum absolute atomic E-state index is 0.0870. The second-order valence-corrected chi connectivity index (χ2v) is 5.38. The topological polar surface area (TPSA) is 103 Å². The number of nitrogens with two attached hydrogens (primary N) is 1. The van der Waals surface area contributed by atoms with Gasteiger partial charge in [0.15, 0.2) is 5.13 Å². The van der Waals surface area contributed by atoms with E-state index in [0.717, 1.165) is 4.88 Å². The highest BCUT2D eigenvalue weighted by Gasteiger charge is 2.18. The molecule has 19 heavy (non-hydrogen) atoms. The number of nitro benzene ring substituents is 1. The Bertz CT molecular complexity index is 604. The summed E-state index contributed by atoms with van der Waals surface area (Å²) >= 11 is 4.55. The minimum atomic E-state index is -0.486. The van der Waals surface area contributed by atoms with Gasteiger partial charge in [-0.25, -0.2) is 10.8 Å². The molecule has 0 unspecified atom stereocenters. The van der Waals surface area contributed by atoms with Crippen LogP contribution < -0.4 is 16.0 Å². The molecule has 0 aliphatic rings. The van der Waals surface area contributed by atoms with Gasteiger partial charge >= 0.3 is 5.69 Å². The zero-order chi connectivity index (χ0) is 13.8. The summed E-state index contributed by atoms with van der Waals surface area (Å²) in [5.74, 6) is 5.42. The average molecular weight is 345 g/mol. The molecule has 0 spiro atoms. The van der Waals surface area contributed by atoms with Gasteiger partial charge in [-0.3, -0.25) is 15.5 Å². The van der Waals surface area contributed by atoms with E-state index in [9.17, 15) is 10.1 Å². The Morgan fingerprint density at radius 3 is 3.00 bits per heavy atom. The van der Waals surface area contributed by atoms with E-state index in [2.05, 4.69) is 26.3 Å². The molecule has 0 amide bonds. The quantitative estimate of drug-likeness (QED) is 0.491. The van der Waals surface area contributed by atoms with Crippen molar-refractivity contribution in [3.63, 3.8) is 0 Å². The summed E-state index contributed by atoms with van der Waals surface area (Å²) < 4.78 is 6.02. The second kappa shape index (κ2) is 5.95. The Kier molecular flexibility index (Phi) is 4.30. The largest absolute Gasteiger partial charge is 0.480 e. The summed E-state index contributed by atoms with van der Waals surface area (Å²) in [5, 5.41) is 11.5. The van der Waals surface area contributed by atoms with Crippen LogP contribution in [0.15, 0.2) is 28.9 Å². The van der Waals surface area contributed by atoms with Crippen LogP contribution >= 0.6 is 27.3 Å². The van der Waals surface area contributed by atoms with Crippen molar-refractivity contribution in [3.8, 4) is 5.75 Å². The zero-order valence-electron chi connectivity index (χ0n) is 9.50. The number of ether oxygens (including phenoxy) is 1. The number of benzene rings is 1. The molecule has 9 heteroatoms. The van der Waals surface area contributed by atoms with Crippen molar-refractivity contribution < 1.29 is 9.66 Å². The van der Waals surface area contributed by atoms with Crippen molar-refractivity contribution in [2.45, 2.75) is 6.61 Å². The number of hydrazine groups is 1. The van der Waals surface area contributed by atoms with Crippen molar-refractivity contribution in [2.24, 2.45) is 5.84 Å². The van der Waals surface area contributed by atoms with Crippen LogP contribution in [0.25, 0.3) is 0 Å². The maximum Gasteiger partial charge on any atom is 0.312 e. The predicted octanol–water partition coefficient (Wildman–Crippen LogP) is 2.68. The minimum Gasteiger partial charge on any atom is -0.480 e. The van der Waals surface area contributed by atoms with Gasteiger partial charge in [-0.15, -0.1) is 0 Å². The van der Waals surface area contributed by atoms with Crippen LogP contribution in [0.2, 0.25) is 0 Å². The summed E-state index contributed by atoms with van der Waals surface area (Å²) in [7, 11) is 0. The molecule has 0 saturated carbocycles. The highest BCUT2D eigenvalue weighted by Crippen LogP contribution is 2.35. The number of nitrogens with zero attached hydrogens (tertiary/aromatic N) is 2. The number of anilines is 1. The van der Waals surface area contributed by atoms with Crippen LogP contribution in [0.5, 0.6) is 5.75 Å². The average Bonchev–Trinajstić information content (AvgIpc) is 2.85. The van der Waals surface area contributed by atoms with E-state index < -0.39 is 4.92 Å². The Balaban J connectivity index is 2.17. The van der Waals surface area contributed by atoms with E-state index in [-0.39, 0.29) is 18.0 Å². The molecule has 2 rings (SSSR count). The van der Waals surface area contributed by atoms with Crippen molar-refractivity contribution in [1.82, 2.24) is 4.98 Å². The van der Waals surface area contributed by atoms with Crippen LogP contribution in [0.1, 0.15) is 4.88 Å². The number of halogens is 1. The van der Waals surface area contributed by atoms with Crippen LogP contribution in [0.4, 0.5) is 10.8 Å². The van der Waals surface area contributed by atoms with Crippen molar-refractivity contribution in [3.05, 3.63) is 43.9 Å². The van der Waals surface area contributed by atoms with Gasteiger partial charge in [0.2, 0.25) is 5.75 Å². The third-order valence-electron chi connectivity index (χ3n) is 2.18. The monoisotopic (exact) mass is 344 g/mol. The number of para-hydroxylation sites is 1. The summed E-state index contributed by atoms with van der Waals surface area (Å²) in [6, 6.07) is 4.65. The SMILES string of the molecule is NNc1ncc(COc2c(Br)cccc2[N+](=O)[O-])s1. The second-order valence-electron chi connectivity index (χ2n) is 3.41. The summed E-state index contributed by atoms with van der Waals surface area (Å²) in [5.41, 5.74) is 2.33. The number of rotatable bonds is 5. The molecule has 0 fully saturated rings. The van der Waals surface area contributed by atoms with E-state index in [4.69, 9.17) is 10.6 Å². The van der Waals surface area contributed by atoms with E-state index in [1.807, 2.05) is 0 Å². The lowest BCUT2D eigenvalue weighted by atomic mass is 10.3. The standard InChI is InChI=1S/C10H9BrN4O3S/c11-7-2-1-3-8(15(16)17)9(7)18-5-6-4-13-10(14-12)19-6/h1-4H,5,12H2,(H,13,14). The van der Waals surface area contributed by atoms with Gasteiger partial charge < -0.3 is 4.74 Å². The van der Waals surface area contributed by atoms with Crippen molar-refractivity contribution in [2.75, 3.05) is 5.43 Å². The molecule has 1 heterocycles. The van der Waals surface area contributed by atoms with Gasteiger partial charge in [0.25, 0.3) is 0 Å². The summed E-state index contributed by atoms with van der Waals surface area (Å²) in [4.78, 5) is 15.2. The molecular formula is C10H9BrN4O3S. The van der Waals surface area contributed by atoms with E-state index in [1.54, 1.807) is 18.3 Å². The lowest BCUT2D eigenvalue weighted by Crippen LogP contribution is -2.05. The maximum atomic E-state index is 10.9. The van der Waals surface area contributed by atoms with Gasteiger partial charge in [0.05, 0.1) is 14.3 Å². The first-order valence-electron chi connectivity index (χ1n) is 5.09. The first-order chi connectivity index (χ1) is 9.11. The summed E-state index contributed by atoms with van der Waals surface area (Å²) in [6.07, 6.45) is 1.60. The zero-order valence-corrected chi connectivity index (χ0v) is 11.9. The predicted molar refractivity (Wildman–Crippen MR) is 75.1 cm³/mol. The highest BCUT2D eigenvalue weighted by atomic mass is 79.9. The fraction of sp³-hybridized carbons (Fsp3) is 0.100. The Hall–Kier alpha value is -1.71. The van der Waals surface area contributed by atoms with Crippen LogP contribution in [-0.2, 0) is 6.61 Å². The van der Waals surface area contributed by atoms with Gasteiger partial charge in [0, 0.05) is 12.3 Å². The first kappa shape index (κ1) is 13.7. The Morgan fingerprint density at radius 1 is 1.58 bits per heavy atom. The lowest BCUT2D eigenvalue weighted by Gasteiger charge is -2.06. The number of hydrogen-bond donors (Lipinski definition) is 2. The molecule has 1 aromatic heterocycles. The molecule has 1 aromatic carbocycles. The Morgan fingerprint density at radius 2 is 2.37 bits per heavy atom. The third-order valence-corrected chi connectivity index (χ3v) is 3.71. The van der Waals surface area contributed by atoms with Crippen molar-refractivity contribution >= 4 is 38.1 Å². The fourth-order valence-electron chi connectivity index (χ4n) is 1.37. The number of thiazole rings is 1. The molecule has 0 aliphatic carbocycles. The molecule has 2 aromatic rings. The molecule has 0 atom stereocenters. The molecule has 0 radical (unpaired) electrons. The highest BCUT2D eigenvalue weighted by molar-refractivity contribution is 9.10. The molecule has 3 N–H and O–H groups in total. The molecule has 0 aliphatic heterocycles. The maximum absolute atomic E-state index is 10.9. The normalized spacial score (nSPS) is 10.2. The van der Waals surface area contributed by atoms with Crippen LogP contribution in [0.3, 0.4) is 0 Å². The summed E-state index contributed by atoms with van der Waals surface area (Å²) in [6.45, 7) is 0.183. The van der Waals surface area contributed by atoms with Crippen molar-refractivity contribution in [1.29, 1.82) is 0 Å². The fourth-order valence-corrected chi connectivity index (χ4v) is 2.47. The van der Waals surface area contributed by atoms with Gasteiger partial charge in [-0.05, 0) is 22.0 Å². The number of nitro groups is 1. The Labute approximate surface area is 120 Å². The number of nitrogens with one attached hydrogen (secondary N) is 1.